The standard InChI is InChI=1S/C12H21FO10/c13-11-9(20)10(6(17)4(2-15)21-11)23-12-8(19)7(18)5(16)3(1-14)22-12/h3-12,14-20H,1-2H2/t3-,4-,5-,6-,7+,8-,9-,10+,11+,12-/m1/s1. The van der Waals surface area contributed by atoms with Gasteiger partial charge in [0.1, 0.15) is 48.8 Å². The van der Waals surface area contributed by atoms with E-state index in [2.05, 4.69) is 4.74 Å². The molecule has 2 rings (SSSR count). The van der Waals surface area contributed by atoms with Crippen molar-refractivity contribution < 1.29 is 54.3 Å². The van der Waals surface area contributed by atoms with E-state index in [0.29, 0.717) is 0 Å². The Morgan fingerprint density at radius 3 is 1.87 bits per heavy atom. The molecule has 0 spiro atoms. The largest absolute Gasteiger partial charge is 0.394 e. The van der Waals surface area contributed by atoms with Crippen LogP contribution in [0.5, 0.6) is 0 Å². The van der Waals surface area contributed by atoms with Gasteiger partial charge in [0, 0.05) is 0 Å². The van der Waals surface area contributed by atoms with Crippen LogP contribution in [0.15, 0.2) is 0 Å². The third-order valence-electron chi connectivity index (χ3n) is 3.95. The highest BCUT2D eigenvalue weighted by Crippen LogP contribution is 2.29. The Kier molecular flexibility index (Phi) is 6.24. The van der Waals surface area contributed by atoms with E-state index in [-0.39, 0.29) is 0 Å². The van der Waals surface area contributed by atoms with E-state index in [4.69, 9.17) is 19.7 Å². The lowest BCUT2D eigenvalue weighted by molar-refractivity contribution is -0.349. The van der Waals surface area contributed by atoms with Gasteiger partial charge in [0.15, 0.2) is 6.29 Å². The predicted octanol–water partition coefficient (Wildman–Crippen LogP) is -4.42. The van der Waals surface area contributed by atoms with Crippen LogP contribution in [0.3, 0.4) is 0 Å². The second kappa shape index (κ2) is 7.61. The van der Waals surface area contributed by atoms with Gasteiger partial charge in [-0.15, -0.1) is 0 Å². The van der Waals surface area contributed by atoms with E-state index in [1.807, 2.05) is 0 Å². The number of aliphatic hydroxyl groups excluding tert-OH is 7. The number of aliphatic hydroxyl groups is 7. The first-order valence-electron chi connectivity index (χ1n) is 7.04. The second-order valence-corrected chi connectivity index (χ2v) is 5.49. The Balaban J connectivity index is 2.11. The Bertz CT molecular complexity index is 385. The van der Waals surface area contributed by atoms with E-state index in [1.165, 1.54) is 0 Å². The molecule has 0 aromatic heterocycles. The third-order valence-corrected chi connectivity index (χ3v) is 3.95. The highest BCUT2D eigenvalue weighted by Gasteiger charge is 2.50. The molecule has 0 saturated carbocycles. The molecule has 2 saturated heterocycles. The highest BCUT2D eigenvalue weighted by molar-refractivity contribution is 4.93. The zero-order valence-corrected chi connectivity index (χ0v) is 11.9. The van der Waals surface area contributed by atoms with Crippen molar-refractivity contribution in [2.24, 2.45) is 0 Å². The summed E-state index contributed by atoms with van der Waals surface area (Å²) in [6.45, 7) is -1.45. The van der Waals surface area contributed by atoms with Gasteiger partial charge in [-0.05, 0) is 0 Å². The summed E-state index contributed by atoms with van der Waals surface area (Å²) in [5.74, 6) is 0. The van der Waals surface area contributed by atoms with Crippen molar-refractivity contribution in [3.63, 3.8) is 0 Å². The van der Waals surface area contributed by atoms with E-state index < -0.39 is 74.7 Å². The van der Waals surface area contributed by atoms with Gasteiger partial charge in [-0.25, -0.2) is 4.39 Å². The molecule has 2 fully saturated rings. The van der Waals surface area contributed by atoms with Gasteiger partial charge in [-0.2, -0.15) is 0 Å². The summed E-state index contributed by atoms with van der Waals surface area (Å²) in [7, 11) is 0. The molecule has 0 aromatic carbocycles. The van der Waals surface area contributed by atoms with Crippen LogP contribution >= 0.6 is 0 Å². The van der Waals surface area contributed by atoms with Crippen molar-refractivity contribution in [2.75, 3.05) is 13.2 Å². The predicted molar refractivity (Wildman–Crippen MR) is 67.5 cm³/mol. The van der Waals surface area contributed by atoms with Crippen LogP contribution in [0.4, 0.5) is 4.39 Å². The SMILES string of the molecule is OC[C@H]1O[C@H](O[C@@H]2[C@@H](O)[C@@H](F)O[C@H](CO)[C@H]2O)[C@H](O)[C@@H](O)[C@@H]1O. The lowest BCUT2D eigenvalue weighted by atomic mass is 9.97. The summed E-state index contributed by atoms with van der Waals surface area (Å²) < 4.78 is 28.3. The summed E-state index contributed by atoms with van der Waals surface area (Å²) in [5, 5.41) is 66.9. The fraction of sp³-hybridized carbons (Fsp3) is 1.00. The summed E-state index contributed by atoms with van der Waals surface area (Å²) in [6, 6.07) is 0. The number of hydrogen-bond acceptors (Lipinski definition) is 10. The maximum atomic E-state index is 13.6. The highest BCUT2D eigenvalue weighted by atomic mass is 19.1. The maximum Gasteiger partial charge on any atom is 0.228 e. The third kappa shape index (κ3) is 3.64. The molecular formula is C12H21FO10. The molecule has 2 aliphatic rings. The minimum Gasteiger partial charge on any atom is -0.394 e. The number of ether oxygens (including phenoxy) is 3. The van der Waals surface area contributed by atoms with Gasteiger partial charge in [-0.1, -0.05) is 0 Å². The van der Waals surface area contributed by atoms with Crippen LogP contribution in [0, 0.1) is 0 Å². The van der Waals surface area contributed by atoms with Gasteiger partial charge < -0.3 is 50.0 Å². The van der Waals surface area contributed by atoms with E-state index in [9.17, 15) is 29.9 Å². The van der Waals surface area contributed by atoms with E-state index in [1.54, 1.807) is 0 Å². The first kappa shape index (κ1) is 18.9. The smallest absolute Gasteiger partial charge is 0.228 e. The van der Waals surface area contributed by atoms with Crippen LogP contribution in [0.2, 0.25) is 0 Å². The lowest BCUT2D eigenvalue weighted by Gasteiger charge is -2.44. The van der Waals surface area contributed by atoms with Crippen LogP contribution in [0.25, 0.3) is 0 Å². The quantitative estimate of drug-likeness (QED) is 0.264. The Labute approximate surface area is 130 Å². The lowest BCUT2D eigenvalue weighted by Crippen LogP contribution is -2.64. The fourth-order valence-corrected chi connectivity index (χ4v) is 2.54. The molecule has 7 N–H and O–H groups in total. The maximum absolute atomic E-state index is 13.6. The molecule has 0 amide bonds. The average Bonchev–Trinajstić information content (AvgIpc) is 2.54. The number of rotatable bonds is 4. The van der Waals surface area contributed by atoms with Gasteiger partial charge >= 0.3 is 0 Å². The molecule has 0 radical (unpaired) electrons. The zero-order valence-electron chi connectivity index (χ0n) is 11.9. The molecule has 11 heteroatoms. The van der Waals surface area contributed by atoms with Crippen LogP contribution in [0.1, 0.15) is 0 Å². The van der Waals surface area contributed by atoms with Crippen molar-refractivity contribution in [3.05, 3.63) is 0 Å². The summed E-state index contributed by atoms with van der Waals surface area (Å²) in [4.78, 5) is 0. The molecule has 2 heterocycles. The van der Waals surface area contributed by atoms with Crippen molar-refractivity contribution in [1.29, 1.82) is 0 Å². The normalized spacial score (nSPS) is 51.7. The van der Waals surface area contributed by atoms with Crippen LogP contribution < -0.4 is 0 Å². The van der Waals surface area contributed by atoms with Gasteiger partial charge in [0.25, 0.3) is 0 Å². The van der Waals surface area contributed by atoms with Crippen molar-refractivity contribution in [2.45, 2.75) is 61.5 Å². The average molecular weight is 344 g/mol. The Morgan fingerprint density at radius 2 is 1.30 bits per heavy atom. The molecule has 136 valence electrons. The van der Waals surface area contributed by atoms with Crippen LogP contribution in [-0.4, -0.2) is 110 Å². The number of hydrogen-bond donors (Lipinski definition) is 7. The van der Waals surface area contributed by atoms with Crippen molar-refractivity contribution >= 4 is 0 Å². The molecule has 10 atom stereocenters. The van der Waals surface area contributed by atoms with E-state index in [0.717, 1.165) is 0 Å². The van der Waals surface area contributed by atoms with Gasteiger partial charge in [-0.3, -0.25) is 0 Å². The molecular weight excluding hydrogens is 323 g/mol. The first-order valence-corrected chi connectivity index (χ1v) is 7.04. The molecule has 0 aliphatic carbocycles. The summed E-state index contributed by atoms with van der Waals surface area (Å²) in [6.07, 6.45) is -16.9. The summed E-state index contributed by atoms with van der Waals surface area (Å²) >= 11 is 0. The topological polar surface area (TPSA) is 169 Å². The van der Waals surface area contributed by atoms with Crippen molar-refractivity contribution in [3.8, 4) is 0 Å². The van der Waals surface area contributed by atoms with E-state index >= 15 is 0 Å². The van der Waals surface area contributed by atoms with Gasteiger partial charge in [0.05, 0.1) is 13.2 Å². The molecule has 10 nitrogen and oxygen atoms in total. The monoisotopic (exact) mass is 344 g/mol. The number of alkyl halides is 1. The fourth-order valence-electron chi connectivity index (χ4n) is 2.54. The zero-order chi connectivity index (χ0) is 17.3. The molecule has 0 bridgehead atoms. The van der Waals surface area contributed by atoms with Gasteiger partial charge in [0.2, 0.25) is 6.36 Å². The first-order chi connectivity index (χ1) is 10.8. The minimum absolute atomic E-state index is 0.700. The molecule has 0 aromatic rings. The Morgan fingerprint density at radius 1 is 0.739 bits per heavy atom. The van der Waals surface area contributed by atoms with Crippen molar-refractivity contribution in [1.82, 2.24) is 0 Å². The molecule has 23 heavy (non-hydrogen) atoms. The Hall–Kier alpha value is -0.470. The summed E-state index contributed by atoms with van der Waals surface area (Å²) in [5.41, 5.74) is 0. The molecule has 0 unspecified atom stereocenters. The number of halogens is 1. The minimum atomic E-state index is -2.26. The second-order valence-electron chi connectivity index (χ2n) is 5.49. The van der Waals surface area contributed by atoms with Crippen LogP contribution in [-0.2, 0) is 14.2 Å². The molecule has 2 aliphatic heterocycles.